The fourth-order valence-corrected chi connectivity index (χ4v) is 3.35. The largest absolute Gasteiger partial charge is 0.123 e. The lowest BCUT2D eigenvalue weighted by Gasteiger charge is -2.38. The van der Waals surface area contributed by atoms with E-state index in [1.807, 2.05) is 0 Å². The first-order valence-electron chi connectivity index (χ1n) is 5.02. The Kier molecular flexibility index (Phi) is 2.41. The summed E-state index contributed by atoms with van der Waals surface area (Å²) in [5, 5.41) is 0.522. The Labute approximate surface area is 74.3 Å². The zero-order chi connectivity index (χ0) is 7.68. The minimum absolute atomic E-state index is 0.522. The van der Waals surface area contributed by atoms with Gasteiger partial charge in [0.25, 0.3) is 0 Å². The van der Waals surface area contributed by atoms with E-state index >= 15 is 0 Å². The van der Waals surface area contributed by atoms with E-state index in [9.17, 15) is 0 Å². The highest BCUT2D eigenvalue weighted by molar-refractivity contribution is 6.20. The number of alkyl halides is 1. The van der Waals surface area contributed by atoms with Crippen LogP contribution in [0.1, 0.15) is 44.9 Å². The molecule has 64 valence electrons. The van der Waals surface area contributed by atoms with Gasteiger partial charge in [0.05, 0.1) is 0 Å². The van der Waals surface area contributed by atoms with Gasteiger partial charge in [0.1, 0.15) is 0 Å². The van der Waals surface area contributed by atoms with Gasteiger partial charge in [0.2, 0.25) is 0 Å². The number of hydrogen-bond acceptors (Lipinski definition) is 0. The first kappa shape index (κ1) is 7.91. The van der Waals surface area contributed by atoms with Crippen molar-refractivity contribution in [2.24, 2.45) is 11.8 Å². The van der Waals surface area contributed by atoms with Crippen LogP contribution in [0.2, 0.25) is 0 Å². The average Bonchev–Trinajstić information content (AvgIpc) is 2.06. The summed E-state index contributed by atoms with van der Waals surface area (Å²) in [5.74, 6) is 1.89. The van der Waals surface area contributed by atoms with Gasteiger partial charge in [-0.1, -0.05) is 32.1 Å². The van der Waals surface area contributed by atoms with Crippen molar-refractivity contribution in [3.63, 3.8) is 0 Å². The summed E-state index contributed by atoms with van der Waals surface area (Å²) >= 11 is 6.29. The predicted molar refractivity (Wildman–Crippen MR) is 48.9 cm³/mol. The third-order valence-corrected chi connectivity index (χ3v) is 4.03. The van der Waals surface area contributed by atoms with Gasteiger partial charge in [-0.05, 0) is 24.7 Å². The summed E-state index contributed by atoms with van der Waals surface area (Å²) in [5.41, 5.74) is 0. The van der Waals surface area contributed by atoms with Gasteiger partial charge < -0.3 is 0 Å². The molecule has 0 radical (unpaired) electrons. The summed E-state index contributed by atoms with van der Waals surface area (Å²) in [6, 6.07) is 0. The van der Waals surface area contributed by atoms with E-state index in [4.69, 9.17) is 11.6 Å². The second kappa shape index (κ2) is 3.35. The summed E-state index contributed by atoms with van der Waals surface area (Å²) in [6.45, 7) is 0. The molecule has 0 N–H and O–H groups in total. The van der Waals surface area contributed by atoms with Gasteiger partial charge in [-0.3, -0.25) is 0 Å². The molecule has 0 saturated heterocycles. The molecule has 0 aromatic rings. The van der Waals surface area contributed by atoms with E-state index in [2.05, 4.69) is 0 Å². The molecule has 1 heteroatoms. The zero-order valence-electron chi connectivity index (χ0n) is 7.06. The van der Waals surface area contributed by atoms with Crippen LogP contribution >= 0.6 is 11.6 Å². The van der Waals surface area contributed by atoms with Crippen molar-refractivity contribution < 1.29 is 0 Å². The fraction of sp³-hybridized carbons (Fsp3) is 1.00. The van der Waals surface area contributed by atoms with Crippen molar-refractivity contribution in [3.8, 4) is 0 Å². The van der Waals surface area contributed by atoms with Crippen molar-refractivity contribution in [2.75, 3.05) is 0 Å². The molecular weight excluding hydrogens is 156 g/mol. The molecule has 0 spiro atoms. The fourth-order valence-electron chi connectivity index (χ4n) is 2.86. The monoisotopic (exact) mass is 172 g/mol. The second-order valence-corrected chi connectivity index (χ2v) is 4.72. The summed E-state index contributed by atoms with van der Waals surface area (Å²) in [7, 11) is 0. The molecule has 0 aliphatic heterocycles. The van der Waals surface area contributed by atoms with Crippen LogP contribution < -0.4 is 0 Å². The lowest BCUT2D eigenvalue weighted by Crippen LogP contribution is -2.31. The van der Waals surface area contributed by atoms with Crippen LogP contribution in [0, 0.1) is 11.8 Å². The van der Waals surface area contributed by atoms with Crippen molar-refractivity contribution in [3.05, 3.63) is 0 Å². The highest BCUT2D eigenvalue weighted by Gasteiger charge is 2.33. The first-order valence-corrected chi connectivity index (χ1v) is 5.45. The lowest BCUT2D eigenvalue weighted by molar-refractivity contribution is 0.176. The van der Waals surface area contributed by atoms with Crippen LogP contribution in [0.3, 0.4) is 0 Å². The molecule has 11 heavy (non-hydrogen) atoms. The predicted octanol–water partition coefficient (Wildman–Crippen LogP) is 3.58. The molecular formula is C10H17Cl. The number of halogens is 1. The Hall–Kier alpha value is 0.290. The van der Waals surface area contributed by atoms with Crippen LogP contribution in [0.5, 0.6) is 0 Å². The molecule has 0 heterocycles. The molecule has 0 nitrogen and oxygen atoms in total. The van der Waals surface area contributed by atoms with Crippen molar-refractivity contribution >= 4 is 11.6 Å². The molecule has 2 saturated carbocycles. The standard InChI is InChI=1S/C10H17Cl/c11-10-7-3-5-8-4-1-2-6-9(8)10/h8-10H,1-7H2. The van der Waals surface area contributed by atoms with E-state index < -0.39 is 0 Å². The topological polar surface area (TPSA) is 0 Å². The number of hydrogen-bond donors (Lipinski definition) is 0. The van der Waals surface area contributed by atoms with Crippen LogP contribution in [0.4, 0.5) is 0 Å². The number of fused-ring (bicyclic) bond motifs is 1. The van der Waals surface area contributed by atoms with Crippen LogP contribution in [-0.4, -0.2) is 5.38 Å². The van der Waals surface area contributed by atoms with Gasteiger partial charge in [-0.15, -0.1) is 11.6 Å². The zero-order valence-corrected chi connectivity index (χ0v) is 7.82. The Morgan fingerprint density at radius 3 is 2.36 bits per heavy atom. The van der Waals surface area contributed by atoms with E-state index in [-0.39, 0.29) is 0 Å². The van der Waals surface area contributed by atoms with Gasteiger partial charge in [-0.25, -0.2) is 0 Å². The van der Waals surface area contributed by atoms with E-state index in [0.717, 1.165) is 11.8 Å². The normalized spacial score (nSPS) is 45.0. The summed E-state index contributed by atoms with van der Waals surface area (Å²) < 4.78 is 0. The maximum absolute atomic E-state index is 6.29. The lowest BCUT2D eigenvalue weighted by atomic mass is 9.71. The average molecular weight is 173 g/mol. The van der Waals surface area contributed by atoms with Gasteiger partial charge >= 0.3 is 0 Å². The van der Waals surface area contributed by atoms with Gasteiger partial charge in [-0.2, -0.15) is 0 Å². The highest BCUT2D eigenvalue weighted by atomic mass is 35.5. The van der Waals surface area contributed by atoms with Crippen LogP contribution in [-0.2, 0) is 0 Å². The summed E-state index contributed by atoms with van der Waals surface area (Å²) in [6.07, 6.45) is 9.91. The van der Waals surface area contributed by atoms with E-state index in [1.54, 1.807) is 0 Å². The smallest absolute Gasteiger partial charge is 0.0366 e. The van der Waals surface area contributed by atoms with Crippen LogP contribution in [0.25, 0.3) is 0 Å². The summed E-state index contributed by atoms with van der Waals surface area (Å²) in [4.78, 5) is 0. The Bertz CT molecular complexity index is 131. The SMILES string of the molecule is ClC1CCCC2CCCCC12. The minimum Gasteiger partial charge on any atom is -0.123 e. The molecule has 2 aliphatic carbocycles. The molecule has 0 amide bonds. The van der Waals surface area contributed by atoms with Crippen molar-refractivity contribution in [1.29, 1.82) is 0 Å². The maximum atomic E-state index is 6.29. The van der Waals surface area contributed by atoms with Crippen molar-refractivity contribution in [2.45, 2.75) is 50.3 Å². The van der Waals surface area contributed by atoms with E-state index in [1.165, 1.54) is 44.9 Å². The molecule has 0 bridgehead atoms. The maximum Gasteiger partial charge on any atom is 0.0366 e. The quantitative estimate of drug-likeness (QED) is 0.490. The third kappa shape index (κ3) is 1.56. The molecule has 2 rings (SSSR count). The molecule has 3 atom stereocenters. The number of rotatable bonds is 0. The molecule has 0 aromatic carbocycles. The highest BCUT2D eigenvalue weighted by Crippen LogP contribution is 2.42. The Morgan fingerprint density at radius 2 is 1.55 bits per heavy atom. The van der Waals surface area contributed by atoms with Crippen LogP contribution in [0.15, 0.2) is 0 Å². The molecule has 2 aliphatic rings. The third-order valence-electron chi connectivity index (χ3n) is 3.49. The first-order chi connectivity index (χ1) is 5.38. The van der Waals surface area contributed by atoms with Gasteiger partial charge in [0.15, 0.2) is 0 Å². The molecule has 0 aromatic heterocycles. The molecule has 2 fully saturated rings. The molecule has 3 unspecified atom stereocenters. The minimum atomic E-state index is 0.522. The van der Waals surface area contributed by atoms with Gasteiger partial charge in [0, 0.05) is 5.38 Å². The van der Waals surface area contributed by atoms with Crippen molar-refractivity contribution in [1.82, 2.24) is 0 Å². The second-order valence-electron chi connectivity index (χ2n) is 4.16. The Morgan fingerprint density at radius 1 is 0.818 bits per heavy atom. The Balaban J connectivity index is 1.99. The van der Waals surface area contributed by atoms with E-state index in [0.29, 0.717) is 5.38 Å².